The fraction of sp³-hybridized carbons (Fsp3) is 0.437. The second-order valence-corrected chi connectivity index (χ2v) is 55.6. The quantitative estimate of drug-likeness (QED) is 0.0278. The molecule has 11 aromatic rings. The number of benzene rings is 7. The van der Waals surface area contributed by atoms with Gasteiger partial charge in [-0.2, -0.15) is 9.97 Å². The Balaban J connectivity index is 0.000000139. The molecule has 0 bridgehead atoms. The standard InChI is InChI=1S/C37H40FN6O4PSi.2C33H42FN4O5PSi/c1-3-29-33(31(38)37(46-29)43-24-41-32-34(39-23-40-35(32)43)42-36(45)25-14-7-4-8-15-25)48-49-44-21-13-20-28(44)30(47-49)22-50(2,26-16-9-5-10-17-26)27-18-11-6-12-19-27;2*1-5-26-30(29(34)32(41-26)37-20-18-28(36-33(37)40)35-31(39)22(2)3)43-44-38-19-12-17-25(38)27(42-44)21-45(4,23-13-8-6-9-14-23)24-15-10-7-11-16-24/h4-12,14-19,23-24,28-31,33,37H,3,13,20-22H2,1-2H3,(H,39,40,42,45);2*6-11,13-16,18,20,22,25-27,29-30,32H,5,12,17,19,21H2,1-4H3,(H,35,36,39,40)/t28-,29-,30+,31+,33?,37-,49+;25-,26+,27+,29-,30?,32+,44+;25-,26-,27+,29+,30?,32-,44+/m101/s1. The first-order chi connectivity index (χ1) is 67.8. The summed E-state index contributed by atoms with van der Waals surface area (Å²) in [7, 11) is -11.1. The molecule has 0 radical (unpaired) electrons. The first-order valence-electron chi connectivity index (χ1n) is 49.1. The van der Waals surface area contributed by atoms with Gasteiger partial charge in [0.15, 0.2) is 54.2 Å². The van der Waals surface area contributed by atoms with Crippen LogP contribution in [0.4, 0.5) is 30.6 Å². The average Bonchev–Trinajstić information content (AvgIpc) is 1.57. The molecule has 9 aliphatic rings. The summed E-state index contributed by atoms with van der Waals surface area (Å²) in [4.78, 5) is 83.8. The summed E-state index contributed by atoms with van der Waals surface area (Å²) >= 11 is 0. The smallest absolute Gasteiger partial charge is 0.349 e. The van der Waals surface area contributed by atoms with E-state index in [0.717, 1.165) is 85.4 Å². The number of hydrogen-bond donors (Lipinski definition) is 3. The van der Waals surface area contributed by atoms with Crippen molar-refractivity contribution in [1.82, 2.24) is 52.6 Å². The third kappa shape index (κ3) is 21.1. The van der Waals surface area contributed by atoms with Gasteiger partial charge in [-0.05, 0) is 100 Å². The summed E-state index contributed by atoms with van der Waals surface area (Å²) in [6.07, 6.45) is 1.01. The zero-order valence-electron chi connectivity index (χ0n) is 80.4. The molecule has 9 saturated heterocycles. The fourth-order valence-corrected chi connectivity index (χ4v) is 39.0. The molecule has 20 rings (SSSR count). The molecular weight excluding hydrogens is 1890 g/mol. The minimum Gasteiger partial charge on any atom is -0.349 e. The zero-order valence-corrected chi connectivity index (χ0v) is 86.1. The van der Waals surface area contributed by atoms with E-state index in [1.54, 1.807) is 56.5 Å². The van der Waals surface area contributed by atoms with Gasteiger partial charge in [-0.1, -0.05) is 299 Å². The minimum absolute atomic E-state index is 0.0178. The van der Waals surface area contributed by atoms with Crippen molar-refractivity contribution in [2.24, 2.45) is 11.8 Å². The van der Waals surface area contributed by atoms with Gasteiger partial charge in [0.25, 0.3) is 31.5 Å². The van der Waals surface area contributed by atoms with Gasteiger partial charge in [0, 0.05) is 67.6 Å². The summed E-state index contributed by atoms with van der Waals surface area (Å²) in [5.41, 5.74) is -0.208. The van der Waals surface area contributed by atoms with Crippen LogP contribution in [0.25, 0.3) is 11.2 Å². The number of aromatic nitrogens is 8. The van der Waals surface area contributed by atoms with E-state index in [-0.39, 0.29) is 83.4 Å². The predicted octanol–water partition coefficient (Wildman–Crippen LogP) is 15.8. The molecule has 738 valence electrons. The summed E-state index contributed by atoms with van der Waals surface area (Å²) in [6.45, 7) is 22.6. The van der Waals surface area contributed by atoms with E-state index in [1.807, 2.05) is 26.8 Å². The SMILES string of the molecule is CC[C@H]1O[C@@H](n2ccc(NC(=O)C(C)C)nc2=O)[C@@H](F)C1O[P@@]1O[C@H](C[Si](C)(c2ccccc2)c2ccccc2)[C@@H]2CCCN21.CC[C@H]1O[C@@H](n2ccc(NC(=O)C(C)C)nc2=O)[C@@H](F)C1O[P@]1O[C@@H](C[Si](C)(c2ccccc2)c2ccccc2)[C@H]2CCCN21.CC[C@H]1O[C@@H](n2cnc3c(NC(=O)c4ccccc4)ncnc32)[C@@H](F)C1O[P@]1O[C@@H](C[Si](C)(c2ccccc2)c2ccccc2)[C@H]2CCCN21. The number of nitrogens with zero attached hydrogens (tertiary/aromatic N) is 11. The van der Waals surface area contributed by atoms with Crippen LogP contribution in [0.5, 0.6) is 0 Å². The number of fused-ring (bicyclic) bond motifs is 4. The van der Waals surface area contributed by atoms with E-state index in [2.05, 4.69) is 257 Å². The first-order valence-corrected chi connectivity index (χ1v) is 60.6. The number of amides is 3. The molecule has 13 heterocycles. The van der Waals surface area contributed by atoms with Gasteiger partial charge in [0.2, 0.25) is 11.8 Å². The number of ether oxygens (including phenoxy) is 3. The van der Waals surface area contributed by atoms with Gasteiger partial charge in [0.1, 0.15) is 60.5 Å². The van der Waals surface area contributed by atoms with Crippen LogP contribution in [-0.4, -0.2) is 206 Å². The van der Waals surface area contributed by atoms with Crippen LogP contribution in [0.15, 0.2) is 259 Å². The number of halogens is 3. The molecule has 3 amide bonds. The van der Waals surface area contributed by atoms with Crippen molar-refractivity contribution in [1.29, 1.82) is 0 Å². The van der Waals surface area contributed by atoms with Gasteiger partial charge >= 0.3 is 11.4 Å². The maximum absolute atomic E-state index is 16.7. The number of alkyl halides is 3. The van der Waals surface area contributed by atoms with Crippen molar-refractivity contribution >= 4 is 127 Å². The fourth-order valence-electron chi connectivity index (χ4n) is 21.1. The average molecular weight is 2020 g/mol. The van der Waals surface area contributed by atoms with Gasteiger partial charge in [-0.3, -0.25) is 28.1 Å². The van der Waals surface area contributed by atoms with Gasteiger partial charge in [-0.25, -0.2) is 51.7 Å². The summed E-state index contributed by atoms with van der Waals surface area (Å²) in [6, 6.07) is 79.7. The van der Waals surface area contributed by atoms with E-state index in [9.17, 15) is 24.0 Å². The lowest BCUT2D eigenvalue weighted by atomic mass is 10.1. The molecule has 9 aliphatic heterocycles. The highest BCUT2D eigenvalue weighted by Crippen LogP contribution is 2.63. The van der Waals surface area contributed by atoms with Crippen molar-refractivity contribution in [2.45, 2.75) is 254 Å². The molecule has 0 saturated carbocycles. The van der Waals surface area contributed by atoms with E-state index >= 15 is 13.2 Å². The number of anilines is 3. The Morgan fingerprint density at radius 1 is 0.414 bits per heavy atom. The molecule has 4 aromatic heterocycles. The van der Waals surface area contributed by atoms with Crippen molar-refractivity contribution in [3.63, 3.8) is 0 Å². The van der Waals surface area contributed by atoms with Gasteiger partial charge in [0.05, 0.1) is 43.0 Å². The largest absolute Gasteiger partial charge is 0.351 e. The molecule has 3 unspecified atom stereocenters. The van der Waals surface area contributed by atoms with Crippen molar-refractivity contribution in [3.8, 4) is 0 Å². The van der Waals surface area contributed by atoms with Crippen molar-refractivity contribution in [3.05, 3.63) is 276 Å². The van der Waals surface area contributed by atoms with Crippen LogP contribution in [0.1, 0.15) is 135 Å². The lowest BCUT2D eigenvalue weighted by Crippen LogP contribution is -2.58. The summed E-state index contributed by atoms with van der Waals surface area (Å²) < 4.78 is 119. The topological polar surface area (TPSA) is 293 Å². The molecule has 0 spiro atoms. The molecule has 9 fully saturated rings. The number of carbonyl (C=O) groups excluding carboxylic acids is 3. The van der Waals surface area contributed by atoms with Crippen molar-refractivity contribution < 1.29 is 68.9 Å². The molecule has 21 atom stereocenters. The van der Waals surface area contributed by atoms with Crippen LogP contribution >= 0.6 is 25.6 Å². The molecule has 3 N–H and O–H groups in total. The highest BCUT2D eigenvalue weighted by atomic mass is 31.2. The van der Waals surface area contributed by atoms with Gasteiger partial charge < -0.3 is 57.3 Å². The van der Waals surface area contributed by atoms with E-state index < -0.39 is 135 Å². The number of nitrogens with one attached hydrogen (secondary N) is 3. The van der Waals surface area contributed by atoms with Gasteiger partial charge in [-0.15, -0.1) is 0 Å². The number of imidazole rings is 1. The van der Waals surface area contributed by atoms with E-state index in [4.69, 9.17) is 41.4 Å². The second-order valence-electron chi connectivity index (χ2n) is 38.7. The monoisotopic (exact) mass is 2010 g/mol. The third-order valence-corrected chi connectivity index (χ3v) is 47.7. The lowest BCUT2D eigenvalue weighted by molar-refractivity contribution is -0.119. The maximum Gasteiger partial charge on any atom is 0.351 e. The van der Waals surface area contributed by atoms with Crippen LogP contribution in [-0.2, 0) is 50.9 Å². The number of rotatable bonds is 30. The third-order valence-electron chi connectivity index (χ3n) is 29.0. The van der Waals surface area contributed by atoms with Crippen LogP contribution < -0.4 is 58.5 Å². The second kappa shape index (κ2) is 44.4. The Labute approximate surface area is 821 Å². The molecule has 28 nitrogen and oxygen atoms in total. The Hall–Kier alpha value is -9.49. The lowest BCUT2D eigenvalue weighted by Gasteiger charge is -2.32. The summed E-state index contributed by atoms with van der Waals surface area (Å²) in [5.74, 6) is -0.891. The minimum atomic E-state index is -2.19. The molecular formula is C103H124F3N14O14P3Si3. The van der Waals surface area contributed by atoms with Crippen LogP contribution in [0, 0.1) is 11.8 Å². The van der Waals surface area contributed by atoms with E-state index in [1.165, 1.54) is 68.3 Å². The highest BCUT2D eigenvalue weighted by Gasteiger charge is 2.59. The van der Waals surface area contributed by atoms with Crippen molar-refractivity contribution in [2.75, 3.05) is 35.6 Å². The van der Waals surface area contributed by atoms with E-state index in [0.29, 0.717) is 36.0 Å². The molecule has 0 aliphatic carbocycles. The normalized spacial score (nSPS) is 27.8. The summed E-state index contributed by atoms with van der Waals surface area (Å²) in [5, 5.41) is 16.2. The zero-order chi connectivity index (χ0) is 97.7. The first kappa shape index (κ1) is 101. The Morgan fingerprint density at radius 3 is 1.02 bits per heavy atom. The maximum atomic E-state index is 16.7. The van der Waals surface area contributed by atoms with Crippen LogP contribution in [0.2, 0.25) is 37.8 Å². The molecule has 7 aromatic carbocycles. The highest BCUT2D eigenvalue weighted by molar-refractivity contribution is 7.45. The Morgan fingerprint density at radius 2 is 0.721 bits per heavy atom. The number of hydrogen-bond acceptors (Lipinski definition) is 22. The molecule has 140 heavy (non-hydrogen) atoms. The predicted molar refractivity (Wildman–Crippen MR) is 546 cm³/mol. The molecule has 37 heteroatoms. The van der Waals surface area contributed by atoms with Crippen LogP contribution in [0.3, 0.4) is 0 Å². The number of carbonyl (C=O) groups is 3. The Kier molecular flexibility index (Phi) is 31.9. The Bertz CT molecular complexity index is 5820.